The number of rotatable bonds is 1. The number of carbonyl (C=O) groups is 1. The van der Waals surface area contributed by atoms with Crippen LogP contribution in [0.1, 0.15) is 85.0 Å². The first-order valence-electron chi connectivity index (χ1n) is 9.85. The SMILES string of the molecule is CC(=O)OC1=C2CC[C@@H]3[C@@H](CC[C@]4(C)CCC[C@@H]34)[C@@]2(C)CCC1. The molecule has 0 bridgehead atoms. The first kappa shape index (κ1) is 15.7. The summed E-state index contributed by atoms with van der Waals surface area (Å²) >= 11 is 0. The van der Waals surface area contributed by atoms with Crippen molar-refractivity contribution >= 4 is 5.97 Å². The van der Waals surface area contributed by atoms with Gasteiger partial charge in [-0.1, -0.05) is 20.3 Å². The van der Waals surface area contributed by atoms with E-state index in [-0.39, 0.29) is 5.97 Å². The number of ether oxygens (including phenoxy) is 1. The average molecular weight is 316 g/mol. The highest BCUT2D eigenvalue weighted by Crippen LogP contribution is 2.65. The van der Waals surface area contributed by atoms with E-state index in [1.807, 2.05) is 0 Å². The molecule has 0 radical (unpaired) electrons. The summed E-state index contributed by atoms with van der Waals surface area (Å²) in [5, 5.41) is 0. The van der Waals surface area contributed by atoms with Crippen LogP contribution in [0.3, 0.4) is 0 Å². The maximum Gasteiger partial charge on any atom is 0.307 e. The lowest BCUT2D eigenvalue weighted by molar-refractivity contribution is -0.137. The zero-order valence-corrected chi connectivity index (χ0v) is 15.1. The van der Waals surface area contributed by atoms with Crippen LogP contribution in [0.2, 0.25) is 0 Å². The molecular weight excluding hydrogens is 284 g/mol. The van der Waals surface area contributed by atoms with Crippen LogP contribution in [-0.4, -0.2) is 5.97 Å². The van der Waals surface area contributed by atoms with Gasteiger partial charge in [-0.15, -0.1) is 0 Å². The van der Waals surface area contributed by atoms with Crippen LogP contribution in [0.4, 0.5) is 0 Å². The van der Waals surface area contributed by atoms with Gasteiger partial charge >= 0.3 is 5.97 Å². The molecule has 2 nitrogen and oxygen atoms in total. The summed E-state index contributed by atoms with van der Waals surface area (Å²) in [5.74, 6) is 3.61. The summed E-state index contributed by atoms with van der Waals surface area (Å²) < 4.78 is 5.65. The van der Waals surface area contributed by atoms with Crippen LogP contribution in [0.25, 0.3) is 0 Å². The molecule has 4 aliphatic carbocycles. The third kappa shape index (κ3) is 2.31. The minimum absolute atomic E-state index is 0.133. The zero-order valence-electron chi connectivity index (χ0n) is 15.1. The predicted octanol–water partition coefficient (Wildman–Crippen LogP) is 5.62. The Morgan fingerprint density at radius 1 is 1.00 bits per heavy atom. The average Bonchev–Trinajstić information content (AvgIpc) is 2.88. The molecule has 128 valence electrons. The third-order valence-electron chi connectivity index (χ3n) is 8.16. The first-order chi connectivity index (χ1) is 10.9. The van der Waals surface area contributed by atoms with Gasteiger partial charge in [0.05, 0.1) is 0 Å². The van der Waals surface area contributed by atoms with E-state index < -0.39 is 0 Å². The molecule has 0 amide bonds. The first-order valence-corrected chi connectivity index (χ1v) is 9.85. The van der Waals surface area contributed by atoms with Crippen molar-refractivity contribution in [2.24, 2.45) is 28.6 Å². The minimum Gasteiger partial charge on any atom is -0.431 e. The Morgan fingerprint density at radius 2 is 1.83 bits per heavy atom. The van der Waals surface area contributed by atoms with E-state index in [1.54, 1.807) is 6.92 Å². The maximum atomic E-state index is 11.5. The molecule has 0 N–H and O–H groups in total. The summed E-state index contributed by atoms with van der Waals surface area (Å²) in [6.45, 7) is 6.62. The summed E-state index contributed by atoms with van der Waals surface area (Å²) in [7, 11) is 0. The molecule has 3 saturated carbocycles. The number of carbonyl (C=O) groups excluding carboxylic acids is 1. The van der Waals surface area contributed by atoms with Crippen molar-refractivity contribution in [2.45, 2.75) is 85.0 Å². The molecule has 5 atom stereocenters. The summed E-state index contributed by atoms with van der Waals surface area (Å²) in [6.07, 6.45) is 13.2. The highest BCUT2D eigenvalue weighted by molar-refractivity contribution is 5.67. The molecule has 4 aliphatic rings. The lowest BCUT2D eigenvalue weighted by atomic mass is 9.47. The van der Waals surface area contributed by atoms with Gasteiger partial charge in [0.15, 0.2) is 0 Å². The number of fused-ring (bicyclic) bond motifs is 5. The Bertz CT molecular complexity index is 548. The Morgan fingerprint density at radius 3 is 2.61 bits per heavy atom. The van der Waals surface area contributed by atoms with Crippen LogP contribution >= 0.6 is 0 Å². The van der Waals surface area contributed by atoms with Gasteiger partial charge in [0, 0.05) is 13.3 Å². The van der Waals surface area contributed by atoms with E-state index in [2.05, 4.69) is 13.8 Å². The standard InChI is InChI=1S/C21H32O2/c1-14(22)23-19-7-5-12-21(3)17-10-13-20(2)11-4-6-16(20)15(17)8-9-18(19)21/h15-17H,4-13H2,1-3H3/t15-,16-,17+,20-,21+/m0/s1. The maximum absolute atomic E-state index is 11.5. The van der Waals surface area contributed by atoms with E-state index in [4.69, 9.17) is 4.74 Å². The minimum atomic E-state index is -0.133. The molecule has 2 heteroatoms. The fourth-order valence-electron chi connectivity index (χ4n) is 7.14. The number of allylic oxidation sites excluding steroid dienone is 2. The van der Waals surface area contributed by atoms with Gasteiger partial charge in [-0.2, -0.15) is 0 Å². The normalized spacial score (nSPS) is 46.0. The molecule has 23 heavy (non-hydrogen) atoms. The molecule has 0 aliphatic heterocycles. The Hall–Kier alpha value is -0.790. The molecule has 0 aromatic carbocycles. The van der Waals surface area contributed by atoms with Crippen molar-refractivity contribution in [3.8, 4) is 0 Å². The molecule has 0 aromatic rings. The van der Waals surface area contributed by atoms with Gasteiger partial charge in [0.25, 0.3) is 0 Å². The number of hydrogen-bond acceptors (Lipinski definition) is 2. The molecule has 3 fully saturated rings. The van der Waals surface area contributed by atoms with Gasteiger partial charge in [-0.25, -0.2) is 0 Å². The number of hydrogen-bond donors (Lipinski definition) is 0. The quantitative estimate of drug-likeness (QED) is 0.587. The Balaban J connectivity index is 1.68. The van der Waals surface area contributed by atoms with E-state index in [0.717, 1.165) is 29.9 Å². The van der Waals surface area contributed by atoms with Gasteiger partial charge in [0.1, 0.15) is 5.76 Å². The summed E-state index contributed by atoms with van der Waals surface area (Å²) in [5.41, 5.74) is 2.45. The topological polar surface area (TPSA) is 26.3 Å². The molecule has 0 saturated heterocycles. The fourth-order valence-corrected chi connectivity index (χ4v) is 7.14. The van der Waals surface area contributed by atoms with E-state index >= 15 is 0 Å². The molecule has 0 spiro atoms. The molecular formula is C21H32O2. The second-order valence-electron chi connectivity index (χ2n) is 9.27. The summed E-state index contributed by atoms with van der Waals surface area (Å²) in [4.78, 5) is 11.5. The molecule has 0 heterocycles. The molecule has 0 unspecified atom stereocenters. The zero-order chi connectivity index (χ0) is 16.2. The van der Waals surface area contributed by atoms with Gasteiger partial charge in [0.2, 0.25) is 0 Å². The second kappa shape index (κ2) is 5.36. The van der Waals surface area contributed by atoms with Crippen LogP contribution in [-0.2, 0) is 9.53 Å². The Kier molecular flexibility index (Phi) is 3.66. The molecule has 0 aromatic heterocycles. The van der Waals surface area contributed by atoms with Crippen molar-refractivity contribution in [3.05, 3.63) is 11.3 Å². The lowest BCUT2D eigenvalue weighted by Gasteiger charge is -2.57. The van der Waals surface area contributed by atoms with Crippen LogP contribution in [0, 0.1) is 28.6 Å². The number of esters is 1. The third-order valence-corrected chi connectivity index (χ3v) is 8.16. The van der Waals surface area contributed by atoms with Gasteiger partial charge in [-0.3, -0.25) is 4.79 Å². The molecule has 4 rings (SSSR count). The van der Waals surface area contributed by atoms with E-state index in [9.17, 15) is 4.79 Å². The van der Waals surface area contributed by atoms with Crippen molar-refractivity contribution in [2.75, 3.05) is 0 Å². The predicted molar refractivity (Wildman–Crippen MR) is 91.6 cm³/mol. The van der Waals surface area contributed by atoms with Crippen molar-refractivity contribution in [3.63, 3.8) is 0 Å². The largest absolute Gasteiger partial charge is 0.431 e. The highest BCUT2D eigenvalue weighted by Gasteiger charge is 2.56. The van der Waals surface area contributed by atoms with Crippen molar-refractivity contribution in [1.82, 2.24) is 0 Å². The van der Waals surface area contributed by atoms with E-state index in [0.29, 0.717) is 10.8 Å². The van der Waals surface area contributed by atoms with Crippen LogP contribution in [0.15, 0.2) is 11.3 Å². The smallest absolute Gasteiger partial charge is 0.307 e. The lowest BCUT2D eigenvalue weighted by Crippen LogP contribution is -2.49. The van der Waals surface area contributed by atoms with Gasteiger partial charge < -0.3 is 4.74 Å². The van der Waals surface area contributed by atoms with Crippen molar-refractivity contribution < 1.29 is 9.53 Å². The van der Waals surface area contributed by atoms with Crippen LogP contribution < -0.4 is 0 Å². The monoisotopic (exact) mass is 316 g/mol. The fraction of sp³-hybridized carbons (Fsp3) is 0.857. The highest BCUT2D eigenvalue weighted by atomic mass is 16.5. The van der Waals surface area contributed by atoms with Crippen LogP contribution in [0.5, 0.6) is 0 Å². The van der Waals surface area contributed by atoms with Crippen molar-refractivity contribution in [1.29, 1.82) is 0 Å². The summed E-state index contributed by atoms with van der Waals surface area (Å²) in [6, 6.07) is 0. The Labute approximate surface area is 141 Å². The second-order valence-corrected chi connectivity index (χ2v) is 9.27. The van der Waals surface area contributed by atoms with Gasteiger partial charge in [-0.05, 0) is 85.5 Å². The van der Waals surface area contributed by atoms with E-state index in [1.165, 1.54) is 63.4 Å².